The first kappa shape index (κ1) is 26.2. The first-order chi connectivity index (χ1) is 18.8. The molecule has 5 rings (SSSR count). The average molecular weight is 554 g/mol. The zero-order valence-corrected chi connectivity index (χ0v) is 22.1. The molecule has 0 bridgehead atoms. The Kier molecular flexibility index (Phi) is 7.46. The number of aromatic hydroxyl groups is 2. The van der Waals surface area contributed by atoms with Crippen molar-refractivity contribution in [1.82, 2.24) is 20.1 Å². The number of aromatic amines is 2. The number of H-pyrrole nitrogens is 2. The van der Waals surface area contributed by atoms with Crippen molar-refractivity contribution >= 4 is 39.9 Å². The lowest BCUT2D eigenvalue weighted by Crippen LogP contribution is -2.27. The Morgan fingerprint density at radius 1 is 1.13 bits per heavy atom. The van der Waals surface area contributed by atoms with Crippen LogP contribution < -0.4 is 20.1 Å². The van der Waals surface area contributed by atoms with Crippen LogP contribution >= 0.6 is 11.8 Å². The van der Waals surface area contributed by atoms with Gasteiger partial charge in [-0.05, 0) is 48.2 Å². The maximum atomic E-state index is 13.6. The molecule has 2 aliphatic rings. The summed E-state index contributed by atoms with van der Waals surface area (Å²) in [6, 6.07) is 13.5. The van der Waals surface area contributed by atoms with Gasteiger partial charge in [0.2, 0.25) is 11.8 Å². The lowest BCUT2D eigenvalue weighted by molar-refractivity contribution is -0.118. The lowest BCUT2D eigenvalue weighted by Gasteiger charge is -2.11. The van der Waals surface area contributed by atoms with Crippen molar-refractivity contribution in [2.45, 2.75) is 11.3 Å². The van der Waals surface area contributed by atoms with Gasteiger partial charge >= 0.3 is 0 Å². The minimum atomic E-state index is -0.321. The molecule has 0 unspecified atom stereocenters. The molecule has 0 radical (unpaired) electrons. The van der Waals surface area contributed by atoms with E-state index in [0.717, 1.165) is 33.8 Å². The highest BCUT2D eigenvalue weighted by atomic mass is 32.2. The number of hydrogen-bond acceptors (Lipinski definition) is 7. The van der Waals surface area contributed by atoms with E-state index in [1.807, 2.05) is 18.2 Å². The summed E-state index contributed by atoms with van der Waals surface area (Å²) in [5.41, 5.74) is 2.42. The molecule has 2 heterocycles. The highest BCUT2D eigenvalue weighted by Crippen LogP contribution is 2.43. The number of ether oxygens (including phenoxy) is 2. The van der Waals surface area contributed by atoms with Crippen molar-refractivity contribution < 1.29 is 28.9 Å². The van der Waals surface area contributed by atoms with Crippen LogP contribution in [0.1, 0.15) is 6.42 Å². The SMILES string of the molecule is COc1cc2c3[nH][nH]c(Nc4cccc(F)c4)c-3cc2cc1OCCCNC(=O)CSc1cc(O)n(C)c1O. The molecule has 0 saturated carbocycles. The highest BCUT2D eigenvalue weighted by molar-refractivity contribution is 8.00. The molecule has 0 atom stereocenters. The molecule has 10 nitrogen and oxygen atoms in total. The number of aromatic nitrogens is 3. The van der Waals surface area contributed by atoms with E-state index in [0.29, 0.717) is 47.5 Å². The third kappa shape index (κ3) is 5.55. The molecular weight excluding hydrogens is 525 g/mol. The number of halogens is 1. The fourth-order valence-electron chi connectivity index (χ4n) is 4.23. The monoisotopic (exact) mass is 553 g/mol. The zero-order chi connectivity index (χ0) is 27.5. The summed E-state index contributed by atoms with van der Waals surface area (Å²) >= 11 is 1.14. The van der Waals surface area contributed by atoms with E-state index in [2.05, 4.69) is 20.8 Å². The van der Waals surface area contributed by atoms with E-state index < -0.39 is 0 Å². The number of nitrogens with one attached hydrogen (secondary N) is 4. The van der Waals surface area contributed by atoms with Gasteiger partial charge in [0.05, 0.1) is 30.1 Å². The van der Waals surface area contributed by atoms with E-state index in [9.17, 15) is 19.4 Å². The molecule has 1 aliphatic carbocycles. The van der Waals surface area contributed by atoms with Gasteiger partial charge in [-0.1, -0.05) is 6.07 Å². The van der Waals surface area contributed by atoms with Crippen LogP contribution in [0.25, 0.3) is 22.0 Å². The van der Waals surface area contributed by atoms with Crippen molar-refractivity contribution in [3.8, 4) is 34.5 Å². The third-order valence-corrected chi connectivity index (χ3v) is 7.27. The molecular formula is C27H28FN5O5S. The first-order valence-corrected chi connectivity index (χ1v) is 13.2. The second-order valence-electron chi connectivity index (χ2n) is 8.87. The van der Waals surface area contributed by atoms with Gasteiger partial charge in [-0.25, -0.2) is 4.39 Å². The number of anilines is 2. The smallest absolute Gasteiger partial charge is 0.230 e. The molecule has 1 amide bonds. The maximum absolute atomic E-state index is 13.6. The van der Waals surface area contributed by atoms with Crippen molar-refractivity contribution in [3.63, 3.8) is 0 Å². The van der Waals surface area contributed by atoms with Crippen LogP contribution in [0.2, 0.25) is 0 Å². The maximum Gasteiger partial charge on any atom is 0.230 e. The van der Waals surface area contributed by atoms with Gasteiger partial charge in [-0.2, -0.15) is 0 Å². The Bertz CT molecular complexity index is 1590. The molecule has 1 aliphatic heterocycles. The lowest BCUT2D eigenvalue weighted by atomic mass is 10.2. The van der Waals surface area contributed by atoms with Crippen LogP contribution in [-0.2, 0) is 11.8 Å². The van der Waals surface area contributed by atoms with E-state index in [-0.39, 0.29) is 29.2 Å². The van der Waals surface area contributed by atoms with Crippen LogP contribution in [0.5, 0.6) is 23.3 Å². The van der Waals surface area contributed by atoms with Crippen molar-refractivity contribution in [2.75, 3.05) is 31.3 Å². The average Bonchev–Trinajstić information content (AvgIpc) is 3.55. The predicted octanol–water partition coefficient (Wildman–Crippen LogP) is 4.92. The van der Waals surface area contributed by atoms with Crippen LogP contribution in [-0.4, -0.2) is 56.9 Å². The van der Waals surface area contributed by atoms with E-state index in [4.69, 9.17) is 9.47 Å². The number of amides is 1. The summed E-state index contributed by atoms with van der Waals surface area (Å²) in [6.07, 6.45) is 0.577. The topological polar surface area (TPSA) is 137 Å². The zero-order valence-electron chi connectivity index (χ0n) is 21.3. The Hall–Kier alpha value is -4.45. The molecule has 2 aromatic carbocycles. The summed E-state index contributed by atoms with van der Waals surface area (Å²) in [4.78, 5) is 12.6. The summed E-state index contributed by atoms with van der Waals surface area (Å²) in [5.74, 6) is 1.33. The van der Waals surface area contributed by atoms with Gasteiger partial charge in [-0.15, -0.1) is 11.8 Å². The number of rotatable bonds is 11. The summed E-state index contributed by atoms with van der Waals surface area (Å²) < 4.78 is 26.4. The quantitative estimate of drug-likeness (QED) is 0.101. The molecule has 1 aromatic heterocycles. The molecule has 3 aromatic rings. The van der Waals surface area contributed by atoms with Gasteiger partial charge < -0.3 is 30.3 Å². The highest BCUT2D eigenvalue weighted by Gasteiger charge is 2.20. The largest absolute Gasteiger partial charge is 0.494 e. The second kappa shape index (κ2) is 11.1. The van der Waals surface area contributed by atoms with Gasteiger partial charge in [-0.3, -0.25) is 19.6 Å². The van der Waals surface area contributed by atoms with E-state index in [1.165, 1.54) is 29.8 Å². The summed E-state index contributed by atoms with van der Waals surface area (Å²) in [6.45, 7) is 0.779. The molecule has 39 heavy (non-hydrogen) atoms. The number of thioether (sulfide) groups is 1. The Morgan fingerprint density at radius 2 is 1.97 bits per heavy atom. The normalized spacial score (nSPS) is 11.3. The molecule has 0 spiro atoms. The Balaban J connectivity index is 1.17. The van der Waals surface area contributed by atoms with E-state index in [1.54, 1.807) is 19.2 Å². The van der Waals surface area contributed by atoms with Crippen molar-refractivity contribution in [2.24, 2.45) is 7.05 Å². The van der Waals surface area contributed by atoms with Gasteiger partial charge in [0.25, 0.3) is 0 Å². The molecule has 0 saturated heterocycles. The number of nitrogens with zero attached hydrogens (tertiary/aromatic N) is 1. The number of benzene rings is 2. The van der Waals surface area contributed by atoms with Crippen LogP contribution in [0.3, 0.4) is 0 Å². The third-order valence-electron chi connectivity index (χ3n) is 6.25. The first-order valence-electron chi connectivity index (χ1n) is 12.2. The van der Waals surface area contributed by atoms with Gasteiger partial charge in [0, 0.05) is 36.3 Å². The minimum Gasteiger partial charge on any atom is -0.494 e. The van der Waals surface area contributed by atoms with Crippen molar-refractivity contribution in [1.29, 1.82) is 0 Å². The van der Waals surface area contributed by atoms with E-state index >= 15 is 0 Å². The predicted molar refractivity (Wildman–Crippen MR) is 148 cm³/mol. The number of methoxy groups -OCH3 is 1. The number of hydrogen-bond donors (Lipinski definition) is 6. The standard InChI is InChI=1S/C27H28FN5O5S/c1-33-24(35)13-22(27(33)36)39-14-23(34)29-7-4-8-38-21-10-15-9-19-25(18(15)12-20(21)37-2)31-32-26(19)30-17-6-3-5-16(28)11-17/h3,5-6,9-13,30-32,35-36H,4,7-8,14H2,1-2H3,(H,29,34). The number of carbonyl (C=O) groups excluding carboxylic acids is 1. The van der Waals surface area contributed by atoms with Crippen molar-refractivity contribution in [3.05, 3.63) is 54.3 Å². The molecule has 12 heteroatoms. The summed E-state index contributed by atoms with van der Waals surface area (Å²) in [7, 11) is 3.11. The van der Waals surface area contributed by atoms with Gasteiger partial charge in [0.1, 0.15) is 11.6 Å². The minimum absolute atomic E-state index is 0.0698. The number of fused-ring (bicyclic) bond motifs is 3. The fourth-order valence-corrected chi connectivity index (χ4v) is 5.07. The van der Waals surface area contributed by atoms with Crippen LogP contribution in [0, 0.1) is 5.82 Å². The molecule has 204 valence electrons. The van der Waals surface area contributed by atoms with Crippen LogP contribution in [0.15, 0.2) is 53.4 Å². The Morgan fingerprint density at radius 3 is 2.72 bits per heavy atom. The number of carbonyl (C=O) groups is 1. The summed E-state index contributed by atoms with van der Waals surface area (Å²) in [5, 5.41) is 33.7. The molecule has 0 fully saturated rings. The Labute approximate surface area is 227 Å². The second-order valence-corrected chi connectivity index (χ2v) is 9.89. The van der Waals surface area contributed by atoms with Crippen LogP contribution in [0.4, 0.5) is 15.9 Å². The fraction of sp³-hybridized carbons (Fsp3) is 0.222. The molecule has 6 N–H and O–H groups in total. The van der Waals surface area contributed by atoms with Gasteiger partial charge in [0.15, 0.2) is 17.4 Å².